The highest BCUT2D eigenvalue weighted by Gasteiger charge is 2.38. The lowest BCUT2D eigenvalue weighted by atomic mass is 9.91. The lowest BCUT2D eigenvalue weighted by Crippen LogP contribution is -2.59. The smallest absolute Gasteiger partial charge is 0.408 e. The Hall–Kier alpha value is -5.09. The van der Waals surface area contributed by atoms with Crippen molar-refractivity contribution in [2.24, 2.45) is 11.7 Å². The Morgan fingerprint density at radius 1 is 0.913 bits per heavy atom. The fourth-order valence-electron chi connectivity index (χ4n) is 5.49. The Kier molecular flexibility index (Phi) is 10.1. The number of fused-ring (bicyclic) bond motifs is 2. The third-order valence-electron chi connectivity index (χ3n) is 7.95. The van der Waals surface area contributed by atoms with E-state index >= 15 is 0 Å². The molecule has 0 saturated carbocycles. The maximum atomic E-state index is 14.2. The van der Waals surface area contributed by atoms with E-state index < -0.39 is 35.6 Å². The Morgan fingerprint density at radius 2 is 1.61 bits per heavy atom. The second-order valence-corrected chi connectivity index (χ2v) is 12.1. The monoisotopic (exact) mass is 624 g/mol. The molecule has 2 aromatic heterocycles. The number of amides is 2. The second kappa shape index (κ2) is 14.3. The first kappa shape index (κ1) is 32.3. The average molecular weight is 625 g/mol. The third kappa shape index (κ3) is 7.76. The summed E-state index contributed by atoms with van der Waals surface area (Å²) in [7, 11) is 0. The standard InChI is InChI=1S/C36H40N4O6/c1-23(2)17-29(37)33(41)45-22-31(24-11-5-4-6-12-24)39-34(42)36(3,18-25-19-38-30-15-9-7-13-27(25)30)40-35(43)46-21-26-20-44-32-16-10-8-14-28(26)32/h4-16,19-20,23,29,31,38H,17-18,21-22,37H2,1-3H3,(H,39,42)(H,40,43)/t29?,31-,36+/m0/s1. The number of nitrogens with two attached hydrogens (primary N) is 1. The van der Waals surface area contributed by atoms with E-state index in [0.29, 0.717) is 17.6 Å². The number of carbonyl (C=O) groups excluding carboxylic acids is 3. The molecule has 0 spiro atoms. The molecule has 0 radical (unpaired) electrons. The molecule has 5 rings (SSSR count). The van der Waals surface area contributed by atoms with E-state index in [0.717, 1.165) is 27.4 Å². The van der Waals surface area contributed by atoms with Gasteiger partial charge in [0.2, 0.25) is 5.91 Å². The number of alkyl carbamates (subject to hydrolysis) is 1. The first-order valence-corrected chi connectivity index (χ1v) is 15.4. The van der Waals surface area contributed by atoms with Gasteiger partial charge in [-0.15, -0.1) is 0 Å². The van der Waals surface area contributed by atoms with Crippen molar-refractivity contribution in [1.29, 1.82) is 0 Å². The van der Waals surface area contributed by atoms with Crippen LogP contribution >= 0.6 is 0 Å². The SMILES string of the molecule is CC(C)CC(N)C(=O)OC[C@H](NC(=O)[C@@](C)(Cc1c[nH]c2ccccc12)NC(=O)OCc1coc2ccccc12)c1ccccc1. The zero-order valence-electron chi connectivity index (χ0n) is 26.2. The number of aromatic amines is 1. The van der Waals surface area contributed by atoms with Crippen molar-refractivity contribution in [1.82, 2.24) is 15.6 Å². The molecular weight excluding hydrogens is 584 g/mol. The van der Waals surface area contributed by atoms with E-state index in [1.807, 2.05) is 98.9 Å². The number of nitrogens with one attached hydrogen (secondary N) is 3. The molecule has 2 amide bonds. The molecule has 1 unspecified atom stereocenters. The number of rotatable bonds is 13. The topological polar surface area (TPSA) is 149 Å². The van der Waals surface area contributed by atoms with Crippen molar-refractivity contribution in [3.05, 3.63) is 108 Å². The van der Waals surface area contributed by atoms with Gasteiger partial charge in [0.25, 0.3) is 0 Å². The highest BCUT2D eigenvalue weighted by molar-refractivity contribution is 5.92. The summed E-state index contributed by atoms with van der Waals surface area (Å²) < 4.78 is 16.7. The number of para-hydroxylation sites is 2. The van der Waals surface area contributed by atoms with Crippen LogP contribution in [0.25, 0.3) is 21.9 Å². The highest BCUT2D eigenvalue weighted by Crippen LogP contribution is 2.25. The number of H-pyrrole nitrogens is 1. The molecule has 10 nitrogen and oxygen atoms in total. The largest absolute Gasteiger partial charge is 0.464 e. The van der Waals surface area contributed by atoms with Gasteiger partial charge in [-0.3, -0.25) is 9.59 Å². The third-order valence-corrected chi connectivity index (χ3v) is 7.95. The van der Waals surface area contributed by atoms with Crippen LogP contribution in [0, 0.1) is 5.92 Å². The van der Waals surface area contributed by atoms with Gasteiger partial charge in [-0.05, 0) is 42.5 Å². The van der Waals surface area contributed by atoms with E-state index in [1.165, 1.54) is 0 Å². The van der Waals surface area contributed by atoms with Crippen LogP contribution in [0.1, 0.15) is 49.9 Å². The first-order chi connectivity index (χ1) is 22.1. The zero-order chi connectivity index (χ0) is 32.7. The molecule has 46 heavy (non-hydrogen) atoms. The Balaban J connectivity index is 1.37. The Bertz CT molecular complexity index is 1800. The number of ether oxygens (including phenoxy) is 2. The average Bonchev–Trinajstić information content (AvgIpc) is 3.65. The predicted molar refractivity (Wildman–Crippen MR) is 176 cm³/mol. The van der Waals surface area contributed by atoms with Gasteiger partial charge >= 0.3 is 12.1 Å². The van der Waals surface area contributed by atoms with Crippen molar-refractivity contribution in [3.63, 3.8) is 0 Å². The van der Waals surface area contributed by atoms with Gasteiger partial charge in [-0.2, -0.15) is 0 Å². The van der Waals surface area contributed by atoms with Crippen molar-refractivity contribution >= 4 is 39.8 Å². The molecule has 0 aliphatic carbocycles. The van der Waals surface area contributed by atoms with Gasteiger partial charge in [0.1, 0.15) is 30.4 Å². The van der Waals surface area contributed by atoms with Crippen molar-refractivity contribution in [2.75, 3.05) is 6.61 Å². The van der Waals surface area contributed by atoms with Crippen LogP contribution in [-0.4, -0.2) is 41.1 Å². The second-order valence-electron chi connectivity index (χ2n) is 12.1. The number of benzene rings is 3. The first-order valence-electron chi connectivity index (χ1n) is 15.4. The minimum atomic E-state index is -1.47. The normalized spacial score (nSPS) is 14.0. The van der Waals surface area contributed by atoms with Gasteiger partial charge in [-0.25, -0.2) is 4.79 Å². The predicted octanol–water partition coefficient (Wildman–Crippen LogP) is 5.92. The van der Waals surface area contributed by atoms with E-state index in [-0.39, 0.29) is 25.6 Å². The summed E-state index contributed by atoms with van der Waals surface area (Å²) in [6, 6.07) is 22.9. The Morgan fingerprint density at radius 3 is 2.37 bits per heavy atom. The number of carbonyl (C=O) groups is 3. The van der Waals surface area contributed by atoms with Crippen LogP contribution in [0.4, 0.5) is 4.79 Å². The van der Waals surface area contributed by atoms with E-state index in [1.54, 1.807) is 13.2 Å². The molecule has 240 valence electrons. The number of esters is 1. The number of aromatic nitrogens is 1. The number of hydrogen-bond acceptors (Lipinski definition) is 7. The fourth-order valence-corrected chi connectivity index (χ4v) is 5.49. The summed E-state index contributed by atoms with van der Waals surface area (Å²) in [5.74, 6) is -0.811. The van der Waals surface area contributed by atoms with E-state index in [2.05, 4.69) is 15.6 Å². The molecular formula is C36H40N4O6. The molecule has 0 fully saturated rings. The van der Waals surface area contributed by atoms with Crippen LogP contribution < -0.4 is 16.4 Å². The van der Waals surface area contributed by atoms with Gasteiger partial charge in [0.05, 0.1) is 12.3 Å². The summed E-state index contributed by atoms with van der Waals surface area (Å²) in [5, 5.41) is 7.60. The molecule has 5 aromatic rings. The lowest BCUT2D eigenvalue weighted by Gasteiger charge is -2.31. The molecule has 0 aliphatic rings. The molecule has 0 saturated heterocycles. The van der Waals surface area contributed by atoms with Crippen LogP contribution in [0.2, 0.25) is 0 Å². The van der Waals surface area contributed by atoms with Gasteiger partial charge in [0.15, 0.2) is 0 Å². The van der Waals surface area contributed by atoms with E-state index in [9.17, 15) is 14.4 Å². The summed E-state index contributed by atoms with van der Waals surface area (Å²) in [5.41, 5.74) is 8.43. The molecule has 2 heterocycles. The molecule has 3 aromatic carbocycles. The molecule has 10 heteroatoms. The molecule has 0 bridgehead atoms. The zero-order valence-corrected chi connectivity index (χ0v) is 26.2. The summed E-state index contributed by atoms with van der Waals surface area (Å²) >= 11 is 0. The summed E-state index contributed by atoms with van der Waals surface area (Å²) in [6.45, 7) is 5.41. The fraction of sp³-hybridized carbons (Fsp3) is 0.306. The molecule has 0 aliphatic heterocycles. The highest BCUT2D eigenvalue weighted by atomic mass is 16.5. The van der Waals surface area contributed by atoms with Gasteiger partial charge in [-0.1, -0.05) is 80.6 Å². The number of furan rings is 1. The van der Waals surface area contributed by atoms with Crippen LogP contribution in [0.15, 0.2) is 95.7 Å². The number of hydrogen-bond donors (Lipinski definition) is 4. The molecule has 5 N–H and O–H groups in total. The Labute approximate surface area is 267 Å². The summed E-state index contributed by atoms with van der Waals surface area (Å²) in [4.78, 5) is 43.4. The van der Waals surface area contributed by atoms with Crippen molar-refractivity contribution < 1.29 is 28.3 Å². The minimum absolute atomic E-state index is 0.0488. The quantitative estimate of drug-likeness (QED) is 0.119. The maximum Gasteiger partial charge on any atom is 0.408 e. The van der Waals surface area contributed by atoms with E-state index in [4.69, 9.17) is 19.6 Å². The van der Waals surface area contributed by atoms with Gasteiger partial charge < -0.3 is 35.2 Å². The summed E-state index contributed by atoms with van der Waals surface area (Å²) in [6.07, 6.45) is 3.23. The van der Waals surface area contributed by atoms with Crippen LogP contribution in [-0.2, 0) is 32.1 Å². The van der Waals surface area contributed by atoms with Gasteiger partial charge in [0, 0.05) is 34.5 Å². The van der Waals surface area contributed by atoms with Crippen molar-refractivity contribution in [2.45, 2.75) is 57.8 Å². The minimum Gasteiger partial charge on any atom is -0.464 e. The van der Waals surface area contributed by atoms with Crippen LogP contribution in [0.5, 0.6) is 0 Å². The maximum absolute atomic E-state index is 14.2. The van der Waals surface area contributed by atoms with Crippen LogP contribution in [0.3, 0.4) is 0 Å². The molecule has 3 atom stereocenters. The lowest BCUT2D eigenvalue weighted by molar-refractivity contribution is -0.147. The van der Waals surface area contributed by atoms with Crippen molar-refractivity contribution in [3.8, 4) is 0 Å².